The molecule has 1 fully saturated rings. The van der Waals surface area contributed by atoms with Gasteiger partial charge in [0.25, 0.3) is 0 Å². The van der Waals surface area contributed by atoms with Crippen molar-refractivity contribution in [2.75, 3.05) is 11.9 Å². The van der Waals surface area contributed by atoms with Crippen LogP contribution in [-0.4, -0.2) is 18.4 Å². The lowest BCUT2D eigenvalue weighted by Gasteiger charge is -2.25. The van der Waals surface area contributed by atoms with Crippen molar-refractivity contribution in [3.05, 3.63) is 29.8 Å². The van der Waals surface area contributed by atoms with E-state index in [0.29, 0.717) is 24.8 Å². The number of nitrogens with one attached hydrogen (secondary N) is 2. The Morgan fingerprint density at radius 3 is 2.83 bits per heavy atom. The molecule has 5 nitrogen and oxygen atoms in total. The lowest BCUT2D eigenvalue weighted by atomic mass is 9.85. The van der Waals surface area contributed by atoms with Crippen LogP contribution in [0.3, 0.4) is 0 Å². The van der Waals surface area contributed by atoms with E-state index in [1.165, 1.54) is 19.3 Å². The third-order valence-corrected chi connectivity index (χ3v) is 4.03. The van der Waals surface area contributed by atoms with Crippen molar-refractivity contribution in [1.82, 2.24) is 5.32 Å². The Balaban J connectivity index is 1.82. The second kappa shape index (κ2) is 8.56. The van der Waals surface area contributed by atoms with E-state index >= 15 is 0 Å². The topological polar surface area (TPSA) is 79.5 Å². The van der Waals surface area contributed by atoms with Gasteiger partial charge < -0.3 is 16.4 Å². The van der Waals surface area contributed by atoms with Crippen LogP contribution in [-0.2, 0) is 11.3 Å². The van der Waals surface area contributed by atoms with E-state index in [2.05, 4.69) is 15.6 Å². The molecule has 1 amide bonds. The number of rotatable bonds is 7. The fourth-order valence-corrected chi connectivity index (χ4v) is 2.51. The minimum Gasteiger partial charge on any atom is -0.370 e. The number of hydrogen-bond donors (Lipinski definition) is 3. The van der Waals surface area contributed by atoms with E-state index in [1.54, 1.807) is 0 Å². The van der Waals surface area contributed by atoms with E-state index in [4.69, 9.17) is 5.73 Å². The average molecular weight is 316 g/mol. The van der Waals surface area contributed by atoms with Gasteiger partial charge in [-0.3, -0.25) is 4.79 Å². The summed E-state index contributed by atoms with van der Waals surface area (Å²) in [5.74, 6) is 1.64. The number of nitrogens with zero attached hydrogens (tertiary/aromatic N) is 1. The number of nitrogens with two attached hydrogens (primary N) is 1. The second-order valence-corrected chi connectivity index (χ2v) is 6.73. The van der Waals surface area contributed by atoms with Crippen molar-refractivity contribution in [1.29, 1.82) is 0 Å². The van der Waals surface area contributed by atoms with Crippen LogP contribution in [0.5, 0.6) is 0 Å². The molecule has 4 N–H and O–H groups in total. The van der Waals surface area contributed by atoms with Crippen molar-refractivity contribution in [2.45, 2.75) is 46.1 Å². The zero-order valence-electron chi connectivity index (χ0n) is 14.1. The minimum atomic E-state index is 0.0438. The van der Waals surface area contributed by atoms with Crippen LogP contribution in [0.25, 0.3) is 0 Å². The maximum Gasteiger partial charge on any atom is 0.224 e. The molecule has 5 heteroatoms. The van der Waals surface area contributed by atoms with Gasteiger partial charge in [0.05, 0.1) is 6.54 Å². The van der Waals surface area contributed by atoms with Gasteiger partial charge in [-0.25, -0.2) is 4.99 Å². The normalized spacial score (nSPS) is 15.3. The average Bonchev–Trinajstić information content (AvgIpc) is 2.43. The van der Waals surface area contributed by atoms with E-state index in [0.717, 1.165) is 23.7 Å². The van der Waals surface area contributed by atoms with Crippen LogP contribution in [0.2, 0.25) is 0 Å². The first kappa shape index (κ1) is 17.3. The summed E-state index contributed by atoms with van der Waals surface area (Å²) < 4.78 is 0. The standard InChI is InChI=1S/C18H28N4O/c1-13(2)9-17(23)22-16-8-4-7-15(10-16)12-21-18(19)20-11-14-5-3-6-14/h4,7-8,10,13-14H,3,5-6,9,11-12H2,1-2H3,(H,22,23)(H3,19,20,21). The van der Waals surface area contributed by atoms with Crippen molar-refractivity contribution in [2.24, 2.45) is 22.6 Å². The largest absolute Gasteiger partial charge is 0.370 e. The number of amides is 1. The molecule has 23 heavy (non-hydrogen) atoms. The molecule has 1 aliphatic rings. The van der Waals surface area contributed by atoms with E-state index < -0.39 is 0 Å². The molecule has 126 valence electrons. The zero-order chi connectivity index (χ0) is 16.7. The first-order chi connectivity index (χ1) is 11.0. The summed E-state index contributed by atoms with van der Waals surface area (Å²) in [5.41, 5.74) is 7.73. The number of carbonyl (C=O) groups excluding carboxylic acids is 1. The van der Waals surface area contributed by atoms with Crippen LogP contribution < -0.4 is 16.4 Å². The van der Waals surface area contributed by atoms with Gasteiger partial charge in [-0.05, 0) is 42.4 Å². The van der Waals surface area contributed by atoms with Crippen LogP contribution in [0.1, 0.15) is 45.1 Å². The number of guanidine groups is 1. The Bertz CT molecular complexity index is 550. The predicted octanol–water partition coefficient (Wildman–Crippen LogP) is 2.88. The molecule has 0 radical (unpaired) electrons. The quantitative estimate of drug-likeness (QED) is 0.534. The van der Waals surface area contributed by atoms with Gasteiger partial charge in [0, 0.05) is 18.7 Å². The SMILES string of the molecule is CC(C)CC(=O)Nc1cccc(CN=C(N)NCC2CCC2)c1. The van der Waals surface area contributed by atoms with Crippen LogP contribution in [0.15, 0.2) is 29.3 Å². The van der Waals surface area contributed by atoms with Crippen molar-refractivity contribution in [3.63, 3.8) is 0 Å². The van der Waals surface area contributed by atoms with Gasteiger partial charge in [-0.2, -0.15) is 0 Å². The lowest BCUT2D eigenvalue weighted by Crippen LogP contribution is -2.37. The molecular formula is C18H28N4O. The minimum absolute atomic E-state index is 0.0438. The molecular weight excluding hydrogens is 288 g/mol. The van der Waals surface area contributed by atoms with E-state index in [9.17, 15) is 4.79 Å². The van der Waals surface area contributed by atoms with E-state index in [1.807, 2.05) is 38.1 Å². The summed E-state index contributed by atoms with van der Waals surface area (Å²) in [6.07, 6.45) is 4.44. The highest BCUT2D eigenvalue weighted by Gasteiger charge is 2.16. The molecule has 0 bridgehead atoms. The predicted molar refractivity (Wildman–Crippen MR) is 95.2 cm³/mol. The highest BCUT2D eigenvalue weighted by molar-refractivity contribution is 5.90. The molecule has 0 atom stereocenters. The van der Waals surface area contributed by atoms with Gasteiger partial charge in [-0.15, -0.1) is 0 Å². The molecule has 0 unspecified atom stereocenters. The fourth-order valence-electron chi connectivity index (χ4n) is 2.51. The highest BCUT2D eigenvalue weighted by Crippen LogP contribution is 2.25. The Kier molecular flexibility index (Phi) is 6.44. The Morgan fingerprint density at radius 1 is 1.39 bits per heavy atom. The number of hydrogen-bond acceptors (Lipinski definition) is 2. The molecule has 1 saturated carbocycles. The van der Waals surface area contributed by atoms with Gasteiger partial charge in [0.1, 0.15) is 0 Å². The summed E-state index contributed by atoms with van der Waals surface area (Å²) in [5, 5.41) is 6.10. The summed E-state index contributed by atoms with van der Waals surface area (Å²) in [4.78, 5) is 16.2. The monoisotopic (exact) mass is 316 g/mol. The Labute approximate surface area is 138 Å². The smallest absolute Gasteiger partial charge is 0.224 e. The van der Waals surface area contributed by atoms with Gasteiger partial charge >= 0.3 is 0 Å². The number of benzene rings is 1. The molecule has 1 aliphatic carbocycles. The molecule has 1 aromatic carbocycles. The molecule has 0 aromatic heterocycles. The molecule has 2 rings (SSSR count). The Hall–Kier alpha value is -2.04. The number of aliphatic imine (C=N–C) groups is 1. The third-order valence-electron chi connectivity index (χ3n) is 4.03. The van der Waals surface area contributed by atoms with Crippen LogP contribution >= 0.6 is 0 Å². The van der Waals surface area contributed by atoms with Gasteiger partial charge in [-0.1, -0.05) is 32.4 Å². The van der Waals surface area contributed by atoms with Gasteiger partial charge in [0.2, 0.25) is 5.91 Å². The molecule has 0 aliphatic heterocycles. The second-order valence-electron chi connectivity index (χ2n) is 6.73. The van der Waals surface area contributed by atoms with Crippen molar-refractivity contribution >= 4 is 17.6 Å². The van der Waals surface area contributed by atoms with Gasteiger partial charge in [0.15, 0.2) is 5.96 Å². The molecule has 0 heterocycles. The zero-order valence-corrected chi connectivity index (χ0v) is 14.1. The summed E-state index contributed by atoms with van der Waals surface area (Å²) in [6, 6.07) is 7.75. The summed E-state index contributed by atoms with van der Waals surface area (Å²) >= 11 is 0. The molecule has 0 saturated heterocycles. The number of carbonyl (C=O) groups is 1. The van der Waals surface area contributed by atoms with Crippen molar-refractivity contribution in [3.8, 4) is 0 Å². The number of anilines is 1. The highest BCUT2D eigenvalue weighted by atomic mass is 16.1. The van der Waals surface area contributed by atoms with E-state index in [-0.39, 0.29) is 5.91 Å². The first-order valence-corrected chi connectivity index (χ1v) is 8.45. The first-order valence-electron chi connectivity index (χ1n) is 8.45. The fraction of sp³-hybridized carbons (Fsp3) is 0.556. The van der Waals surface area contributed by atoms with Crippen molar-refractivity contribution < 1.29 is 4.79 Å². The molecule has 0 spiro atoms. The van der Waals surface area contributed by atoms with Crippen LogP contribution in [0.4, 0.5) is 5.69 Å². The lowest BCUT2D eigenvalue weighted by molar-refractivity contribution is -0.116. The summed E-state index contributed by atoms with van der Waals surface area (Å²) in [6.45, 7) is 5.49. The molecule has 1 aromatic rings. The third kappa shape index (κ3) is 6.30. The maximum absolute atomic E-state index is 11.8. The summed E-state index contributed by atoms with van der Waals surface area (Å²) in [7, 11) is 0. The Morgan fingerprint density at radius 2 is 2.17 bits per heavy atom. The maximum atomic E-state index is 11.8. The van der Waals surface area contributed by atoms with Crippen LogP contribution in [0, 0.1) is 11.8 Å².